The molecule has 0 saturated carbocycles. The van der Waals surface area contributed by atoms with E-state index in [0.29, 0.717) is 15.8 Å². The van der Waals surface area contributed by atoms with E-state index in [2.05, 4.69) is 61.3 Å². The Kier molecular flexibility index (Phi) is 7.64. The molecule has 0 atom stereocenters. The SMILES string of the molecule is CC1=C(/C=C/C(C)=C/C=C/C(C)=C/C(=O)Nn2cnc3c(=S)n(C)cnc32)C(C)(C)CCC1. The largest absolute Gasteiger partial charge is 0.325 e. The molecule has 0 saturated heterocycles. The molecule has 1 N–H and O–H groups in total. The van der Waals surface area contributed by atoms with E-state index in [-0.39, 0.29) is 11.3 Å². The molecule has 0 aliphatic heterocycles. The molecule has 0 unspecified atom stereocenters. The van der Waals surface area contributed by atoms with Crippen molar-refractivity contribution in [3.8, 4) is 0 Å². The lowest BCUT2D eigenvalue weighted by Crippen LogP contribution is -2.20. The van der Waals surface area contributed by atoms with Crippen molar-refractivity contribution in [1.82, 2.24) is 19.2 Å². The number of fused-ring (bicyclic) bond motifs is 1. The summed E-state index contributed by atoms with van der Waals surface area (Å²) < 4.78 is 3.77. The molecule has 3 rings (SSSR count). The smallest absolute Gasteiger partial charge is 0.263 e. The van der Waals surface area contributed by atoms with Gasteiger partial charge in [0, 0.05) is 13.1 Å². The second-order valence-electron chi connectivity index (χ2n) is 9.35. The van der Waals surface area contributed by atoms with Gasteiger partial charge in [-0.25, -0.2) is 14.6 Å². The number of amides is 1. The summed E-state index contributed by atoms with van der Waals surface area (Å²) in [5, 5.41) is 0. The maximum Gasteiger partial charge on any atom is 0.263 e. The number of nitrogens with one attached hydrogen (secondary N) is 1. The number of nitrogens with zero attached hydrogens (tertiary/aromatic N) is 4. The summed E-state index contributed by atoms with van der Waals surface area (Å²) in [6.07, 6.45) is 18.7. The van der Waals surface area contributed by atoms with Gasteiger partial charge in [0.15, 0.2) is 5.65 Å². The predicted octanol–water partition coefficient (Wildman–Crippen LogP) is 6.10. The van der Waals surface area contributed by atoms with Crippen molar-refractivity contribution in [2.24, 2.45) is 12.5 Å². The summed E-state index contributed by atoms with van der Waals surface area (Å²) in [4.78, 5) is 21.0. The van der Waals surface area contributed by atoms with Crippen LogP contribution in [0.1, 0.15) is 53.9 Å². The fraction of sp³-hybridized carbons (Fsp3) is 0.385. The molecule has 33 heavy (non-hydrogen) atoms. The lowest BCUT2D eigenvalue weighted by atomic mass is 9.72. The van der Waals surface area contributed by atoms with Crippen molar-refractivity contribution in [2.45, 2.75) is 53.9 Å². The summed E-state index contributed by atoms with van der Waals surface area (Å²) in [5.74, 6) is -0.264. The summed E-state index contributed by atoms with van der Waals surface area (Å²) in [5.41, 5.74) is 9.04. The van der Waals surface area contributed by atoms with Gasteiger partial charge < -0.3 is 4.57 Å². The number of allylic oxidation sites excluding steroid dienone is 9. The first-order valence-corrected chi connectivity index (χ1v) is 11.6. The topological polar surface area (TPSA) is 64.7 Å². The Labute approximate surface area is 201 Å². The van der Waals surface area contributed by atoms with Crippen molar-refractivity contribution in [3.05, 3.63) is 76.0 Å². The molecule has 2 heterocycles. The fourth-order valence-corrected chi connectivity index (χ4v) is 4.29. The first-order chi connectivity index (χ1) is 15.6. The molecule has 174 valence electrons. The van der Waals surface area contributed by atoms with Crippen LogP contribution in [0.2, 0.25) is 0 Å². The van der Waals surface area contributed by atoms with Crippen molar-refractivity contribution < 1.29 is 4.79 Å². The average Bonchev–Trinajstić information content (AvgIpc) is 3.13. The van der Waals surface area contributed by atoms with Gasteiger partial charge in [0.25, 0.3) is 5.91 Å². The van der Waals surface area contributed by atoms with Gasteiger partial charge >= 0.3 is 0 Å². The summed E-state index contributed by atoms with van der Waals surface area (Å²) in [6, 6.07) is 0. The Balaban J connectivity index is 1.64. The first kappa shape index (κ1) is 24.6. The number of hydrogen-bond donors (Lipinski definition) is 1. The van der Waals surface area contributed by atoms with E-state index in [4.69, 9.17) is 12.2 Å². The van der Waals surface area contributed by atoms with Crippen LogP contribution in [0.25, 0.3) is 11.2 Å². The number of rotatable bonds is 6. The maximum absolute atomic E-state index is 12.4. The van der Waals surface area contributed by atoms with Crippen molar-refractivity contribution in [1.29, 1.82) is 0 Å². The van der Waals surface area contributed by atoms with Crippen molar-refractivity contribution in [3.63, 3.8) is 0 Å². The second kappa shape index (κ2) is 10.3. The van der Waals surface area contributed by atoms with Crippen LogP contribution in [-0.4, -0.2) is 25.1 Å². The minimum atomic E-state index is -0.264. The third kappa shape index (κ3) is 6.05. The highest BCUT2D eigenvalue weighted by molar-refractivity contribution is 7.71. The standard InChI is InChI=1S/C26H33N5OS/c1-18(12-13-21-20(3)11-8-14-26(21,4)5)9-7-10-19(2)15-22(32)29-31-17-27-23-24(31)28-16-30(6)25(23)33/h7,9-10,12-13,15-17H,8,11,14H2,1-6H3,(H,29,32)/b10-7+,13-12+,18-9+,19-15+. The quantitative estimate of drug-likeness (QED) is 0.319. The minimum Gasteiger partial charge on any atom is -0.325 e. The van der Waals surface area contributed by atoms with E-state index in [9.17, 15) is 4.79 Å². The Morgan fingerprint density at radius 1 is 1.18 bits per heavy atom. The van der Waals surface area contributed by atoms with Crippen LogP contribution in [-0.2, 0) is 11.8 Å². The van der Waals surface area contributed by atoms with Crippen molar-refractivity contribution in [2.75, 3.05) is 5.43 Å². The number of imidazole rings is 1. The van der Waals surface area contributed by atoms with Gasteiger partial charge in [-0.1, -0.05) is 67.6 Å². The van der Waals surface area contributed by atoms with Gasteiger partial charge in [-0.2, -0.15) is 0 Å². The number of aryl methyl sites for hydroxylation is 1. The van der Waals surface area contributed by atoms with Crippen LogP contribution in [0, 0.1) is 10.1 Å². The van der Waals surface area contributed by atoms with Gasteiger partial charge in [-0.3, -0.25) is 10.2 Å². The number of carbonyl (C=O) groups excluding carboxylic acids is 1. The van der Waals surface area contributed by atoms with Gasteiger partial charge in [0.1, 0.15) is 16.5 Å². The van der Waals surface area contributed by atoms with Gasteiger partial charge in [-0.15, -0.1) is 0 Å². The van der Waals surface area contributed by atoms with E-state index in [0.717, 1.165) is 11.1 Å². The minimum absolute atomic E-state index is 0.238. The highest BCUT2D eigenvalue weighted by Gasteiger charge is 2.26. The molecule has 1 aliphatic rings. The molecular weight excluding hydrogens is 430 g/mol. The Hall–Kier alpha value is -3.06. The molecule has 0 aromatic carbocycles. The average molecular weight is 464 g/mol. The van der Waals surface area contributed by atoms with Crippen LogP contribution in [0.4, 0.5) is 0 Å². The zero-order valence-corrected chi connectivity index (χ0v) is 21.2. The lowest BCUT2D eigenvalue weighted by molar-refractivity contribution is -0.112. The zero-order valence-electron chi connectivity index (χ0n) is 20.3. The Morgan fingerprint density at radius 2 is 1.94 bits per heavy atom. The maximum atomic E-state index is 12.4. The van der Waals surface area contributed by atoms with E-state index in [1.54, 1.807) is 10.9 Å². The van der Waals surface area contributed by atoms with Crippen LogP contribution in [0.5, 0.6) is 0 Å². The third-order valence-electron chi connectivity index (χ3n) is 5.98. The summed E-state index contributed by atoms with van der Waals surface area (Å²) >= 11 is 5.33. The monoisotopic (exact) mass is 463 g/mol. The highest BCUT2D eigenvalue weighted by atomic mass is 32.1. The summed E-state index contributed by atoms with van der Waals surface area (Å²) in [7, 11) is 1.81. The van der Waals surface area contributed by atoms with Gasteiger partial charge in [0.05, 0.1) is 6.33 Å². The van der Waals surface area contributed by atoms with Gasteiger partial charge in [0.2, 0.25) is 0 Å². The molecule has 2 aromatic heterocycles. The molecular formula is C26H33N5OS. The predicted molar refractivity (Wildman–Crippen MR) is 138 cm³/mol. The summed E-state index contributed by atoms with van der Waals surface area (Å²) in [6.45, 7) is 10.9. The number of aromatic nitrogens is 4. The van der Waals surface area contributed by atoms with E-state index in [1.807, 2.05) is 26.1 Å². The van der Waals surface area contributed by atoms with E-state index in [1.165, 1.54) is 47.5 Å². The molecule has 0 radical (unpaired) electrons. The molecule has 1 amide bonds. The molecule has 0 spiro atoms. The molecule has 7 heteroatoms. The van der Waals surface area contributed by atoms with Crippen molar-refractivity contribution >= 4 is 29.3 Å². The van der Waals surface area contributed by atoms with Gasteiger partial charge in [-0.05, 0) is 56.6 Å². The molecule has 6 nitrogen and oxygen atoms in total. The second-order valence-corrected chi connectivity index (χ2v) is 9.73. The third-order valence-corrected chi connectivity index (χ3v) is 6.46. The van der Waals surface area contributed by atoms with Crippen LogP contribution in [0.3, 0.4) is 0 Å². The normalized spacial score (nSPS) is 17.5. The van der Waals surface area contributed by atoms with Crippen LogP contribution >= 0.6 is 12.2 Å². The highest BCUT2D eigenvalue weighted by Crippen LogP contribution is 2.40. The number of hydrogen-bond acceptors (Lipinski definition) is 4. The zero-order chi connectivity index (χ0) is 24.2. The first-order valence-electron chi connectivity index (χ1n) is 11.2. The fourth-order valence-electron chi connectivity index (χ4n) is 4.10. The van der Waals surface area contributed by atoms with E-state index >= 15 is 0 Å². The molecule has 0 fully saturated rings. The Bertz CT molecular complexity index is 1270. The lowest BCUT2D eigenvalue weighted by Gasteiger charge is -2.32. The van der Waals surface area contributed by atoms with E-state index < -0.39 is 0 Å². The molecule has 0 bridgehead atoms. The molecule has 2 aromatic rings. The Morgan fingerprint density at radius 3 is 2.67 bits per heavy atom. The van der Waals surface area contributed by atoms with Crippen LogP contribution < -0.4 is 5.43 Å². The van der Waals surface area contributed by atoms with Crippen LogP contribution in [0.15, 0.2) is 71.4 Å². The molecule has 1 aliphatic carbocycles. The number of carbonyl (C=O) groups is 1.